The number of halogens is 2. The summed E-state index contributed by atoms with van der Waals surface area (Å²) in [6.07, 6.45) is 2.94. The van der Waals surface area contributed by atoms with Crippen LogP contribution in [0.1, 0.15) is 49.9 Å². The van der Waals surface area contributed by atoms with Crippen LogP contribution < -0.4 is 4.74 Å². The van der Waals surface area contributed by atoms with Gasteiger partial charge in [0.1, 0.15) is 0 Å². The number of hydrogen-bond acceptors (Lipinski definition) is 2. The van der Waals surface area contributed by atoms with Crippen molar-refractivity contribution in [2.45, 2.75) is 39.5 Å². The quantitative estimate of drug-likeness (QED) is 0.541. The molecular weight excluding hydrogens is 238 g/mol. The third kappa shape index (κ3) is 3.79. The maximum Gasteiger partial charge on any atom is 0.190 e. The van der Waals surface area contributed by atoms with E-state index in [0.29, 0.717) is 0 Å². The lowest BCUT2D eigenvalue weighted by Gasteiger charge is -2.09. The number of ketones is 1. The molecule has 0 saturated carbocycles. The largest absolute Gasteiger partial charge is 0.488 e. The standard InChI is InChI=1S/C14H18F2O2/c1-3-5-6-7-18-14-11(15)8-10(9-12(14)16)13(17)4-2/h8-9H,3-7H2,1-2H3. The molecule has 100 valence electrons. The lowest BCUT2D eigenvalue weighted by molar-refractivity contribution is 0.0987. The third-order valence-electron chi connectivity index (χ3n) is 2.64. The van der Waals surface area contributed by atoms with Crippen molar-refractivity contribution in [3.8, 4) is 5.75 Å². The fraction of sp³-hybridized carbons (Fsp3) is 0.500. The highest BCUT2D eigenvalue weighted by Gasteiger charge is 2.15. The molecule has 0 saturated heterocycles. The van der Waals surface area contributed by atoms with Gasteiger partial charge in [-0.3, -0.25) is 4.79 Å². The molecule has 18 heavy (non-hydrogen) atoms. The van der Waals surface area contributed by atoms with Crippen LogP contribution in [0, 0.1) is 11.6 Å². The van der Waals surface area contributed by atoms with Crippen LogP contribution >= 0.6 is 0 Å². The Kier molecular flexibility index (Phi) is 5.75. The van der Waals surface area contributed by atoms with Gasteiger partial charge in [-0.25, -0.2) is 8.78 Å². The lowest BCUT2D eigenvalue weighted by atomic mass is 10.1. The van der Waals surface area contributed by atoms with Gasteiger partial charge in [0, 0.05) is 12.0 Å². The minimum Gasteiger partial charge on any atom is -0.488 e. The Hall–Kier alpha value is -1.45. The lowest BCUT2D eigenvalue weighted by Crippen LogP contribution is -2.05. The van der Waals surface area contributed by atoms with Crippen LogP contribution in [0.4, 0.5) is 8.78 Å². The number of ether oxygens (including phenoxy) is 1. The van der Waals surface area contributed by atoms with Crippen LogP contribution in [-0.2, 0) is 0 Å². The first-order valence-electron chi connectivity index (χ1n) is 6.25. The number of benzene rings is 1. The predicted molar refractivity (Wildman–Crippen MR) is 66.0 cm³/mol. The summed E-state index contributed by atoms with van der Waals surface area (Å²) in [5, 5.41) is 0. The molecule has 0 aromatic heterocycles. The van der Waals surface area contributed by atoms with Gasteiger partial charge in [0.25, 0.3) is 0 Å². The molecule has 2 nitrogen and oxygen atoms in total. The van der Waals surface area contributed by atoms with E-state index in [9.17, 15) is 13.6 Å². The van der Waals surface area contributed by atoms with Crippen molar-refractivity contribution in [3.05, 3.63) is 29.3 Å². The Morgan fingerprint density at radius 2 is 1.78 bits per heavy atom. The van der Waals surface area contributed by atoms with E-state index >= 15 is 0 Å². The first-order valence-corrected chi connectivity index (χ1v) is 6.25. The molecule has 0 aliphatic heterocycles. The average molecular weight is 256 g/mol. The minimum absolute atomic E-state index is 0.0495. The summed E-state index contributed by atoms with van der Waals surface area (Å²) in [5.41, 5.74) is 0.0495. The molecule has 0 fully saturated rings. The molecule has 1 aromatic carbocycles. The van der Waals surface area contributed by atoms with Gasteiger partial charge in [0.05, 0.1) is 6.61 Å². The van der Waals surface area contributed by atoms with E-state index in [2.05, 4.69) is 0 Å². The summed E-state index contributed by atoms with van der Waals surface area (Å²) in [5.74, 6) is -2.31. The monoisotopic (exact) mass is 256 g/mol. The summed E-state index contributed by atoms with van der Waals surface area (Å²) in [4.78, 5) is 11.4. The third-order valence-corrected chi connectivity index (χ3v) is 2.64. The molecule has 0 aliphatic rings. The van der Waals surface area contributed by atoms with E-state index < -0.39 is 17.4 Å². The SMILES string of the molecule is CCCCCOc1c(F)cc(C(=O)CC)cc1F. The van der Waals surface area contributed by atoms with E-state index in [1.54, 1.807) is 6.92 Å². The second kappa shape index (κ2) is 7.09. The topological polar surface area (TPSA) is 26.3 Å². The number of carbonyl (C=O) groups is 1. The zero-order chi connectivity index (χ0) is 13.5. The van der Waals surface area contributed by atoms with Gasteiger partial charge in [-0.05, 0) is 18.6 Å². The summed E-state index contributed by atoms with van der Waals surface area (Å²) < 4.78 is 32.3. The van der Waals surface area contributed by atoms with Gasteiger partial charge in [0.2, 0.25) is 0 Å². The van der Waals surface area contributed by atoms with Crippen LogP contribution in [0.3, 0.4) is 0 Å². The van der Waals surface area contributed by atoms with Gasteiger partial charge in [0.15, 0.2) is 23.2 Å². The second-order valence-corrected chi connectivity index (χ2v) is 4.10. The highest BCUT2D eigenvalue weighted by Crippen LogP contribution is 2.24. The van der Waals surface area contributed by atoms with Gasteiger partial charge >= 0.3 is 0 Å². The number of rotatable bonds is 7. The van der Waals surface area contributed by atoms with Gasteiger partial charge in [-0.2, -0.15) is 0 Å². The molecule has 0 N–H and O–H groups in total. The van der Waals surface area contributed by atoms with E-state index in [4.69, 9.17) is 4.74 Å². The van der Waals surface area contributed by atoms with Crippen molar-refractivity contribution in [2.75, 3.05) is 6.61 Å². The number of unbranched alkanes of at least 4 members (excludes halogenated alkanes) is 2. The fourth-order valence-corrected chi connectivity index (χ4v) is 1.59. The second-order valence-electron chi connectivity index (χ2n) is 4.10. The Labute approximate surface area is 106 Å². The van der Waals surface area contributed by atoms with E-state index in [1.165, 1.54) is 0 Å². The number of Topliss-reactive ketones (excluding diaryl/α,β-unsaturated/α-hetero) is 1. The van der Waals surface area contributed by atoms with E-state index in [0.717, 1.165) is 31.4 Å². The Morgan fingerprint density at radius 3 is 2.28 bits per heavy atom. The van der Waals surface area contributed by atoms with Crippen molar-refractivity contribution >= 4 is 5.78 Å². The van der Waals surface area contributed by atoms with Crippen molar-refractivity contribution in [1.29, 1.82) is 0 Å². The maximum atomic E-state index is 13.6. The van der Waals surface area contributed by atoms with Gasteiger partial charge in [-0.1, -0.05) is 26.7 Å². The normalized spacial score (nSPS) is 10.4. The highest BCUT2D eigenvalue weighted by molar-refractivity contribution is 5.96. The van der Waals surface area contributed by atoms with E-state index in [-0.39, 0.29) is 24.4 Å². The molecule has 1 aromatic rings. The molecule has 0 atom stereocenters. The molecule has 0 bridgehead atoms. The summed E-state index contributed by atoms with van der Waals surface area (Å²) in [6, 6.07) is 2.06. The number of hydrogen-bond donors (Lipinski definition) is 0. The Balaban J connectivity index is 2.78. The minimum atomic E-state index is -0.816. The van der Waals surface area contributed by atoms with Crippen LogP contribution in [0.15, 0.2) is 12.1 Å². The van der Waals surface area contributed by atoms with Crippen molar-refractivity contribution in [3.63, 3.8) is 0 Å². The van der Waals surface area contributed by atoms with Crippen molar-refractivity contribution in [1.82, 2.24) is 0 Å². The number of carbonyl (C=O) groups excluding carboxylic acids is 1. The molecule has 4 heteroatoms. The molecule has 0 aliphatic carbocycles. The zero-order valence-electron chi connectivity index (χ0n) is 10.8. The fourth-order valence-electron chi connectivity index (χ4n) is 1.59. The van der Waals surface area contributed by atoms with Crippen molar-refractivity contribution in [2.24, 2.45) is 0 Å². The zero-order valence-corrected chi connectivity index (χ0v) is 10.8. The molecule has 0 unspecified atom stereocenters. The highest BCUT2D eigenvalue weighted by atomic mass is 19.1. The predicted octanol–water partition coefficient (Wildman–Crippen LogP) is 4.13. The summed E-state index contributed by atoms with van der Waals surface area (Å²) in [7, 11) is 0. The first kappa shape index (κ1) is 14.6. The molecule has 0 radical (unpaired) electrons. The van der Waals surface area contributed by atoms with Gasteiger partial charge < -0.3 is 4.74 Å². The van der Waals surface area contributed by atoms with Crippen LogP contribution in [0.25, 0.3) is 0 Å². The van der Waals surface area contributed by atoms with Crippen molar-refractivity contribution < 1.29 is 18.3 Å². The first-order chi connectivity index (χ1) is 8.60. The van der Waals surface area contributed by atoms with Crippen LogP contribution in [-0.4, -0.2) is 12.4 Å². The van der Waals surface area contributed by atoms with E-state index in [1.807, 2.05) is 6.92 Å². The Bertz CT molecular complexity index is 393. The average Bonchev–Trinajstić information content (AvgIpc) is 2.35. The summed E-state index contributed by atoms with van der Waals surface area (Å²) in [6.45, 7) is 3.96. The maximum absolute atomic E-state index is 13.6. The Morgan fingerprint density at radius 1 is 1.17 bits per heavy atom. The molecular formula is C14H18F2O2. The van der Waals surface area contributed by atoms with Crippen LogP contribution in [0.2, 0.25) is 0 Å². The molecule has 0 amide bonds. The summed E-state index contributed by atoms with van der Waals surface area (Å²) >= 11 is 0. The molecule has 0 heterocycles. The van der Waals surface area contributed by atoms with Crippen LogP contribution in [0.5, 0.6) is 5.75 Å². The molecule has 1 rings (SSSR count). The smallest absolute Gasteiger partial charge is 0.190 e. The van der Waals surface area contributed by atoms with Gasteiger partial charge in [-0.15, -0.1) is 0 Å². The molecule has 0 spiro atoms.